The molecule has 26 heavy (non-hydrogen) atoms. The molecular formula is C20H21FN2O2S. The SMILES string of the molecule is CC(=O)c1ccc(SCC(=O)N2CCN(c3ccccc3)CC2)c(F)c1. The van der Waals surface area contributed by atoms with Gasteiger partial charge in [-0.25, -0.2) is 4.39 Å². The first kappa shape index (κ1) is 18.5. The highest BCUT2D eigenvalue weighted by molar-refractivity contribution is 8.00. The second-order valence-corrected chi connectivity index (χ2v) is 7.21. The van der Waals surface area contributed by atoms with E-state index in [2.05, 4.69) is 17.0 Å². The largest absolute Gasteiger partial charge is 0.368 e. The van der Waals surface area contributed by atoms with Gasteiger partial charge in [0.2, 0.25) is 5.91 Å². The molecule has 0 saturated carbocycles. The fourth-order valence-electron chi connectivity index (χ4n) is 2.92. The fraction of sp³-hybridized carbons (Fsp3) is 0.300. The van der Waals surface area contributed by atoms with Gasteiger partial charge < -0.3 is 9.80 Å². The molecule has 0 aromatic heterocycles. The summed E-state index contributed by atoms with van der Waals surface area (Å²) in [7, 11) is 0. The van der Waals surface area contributed by atoms with Crippen LogP contribution in [0.2, 0.25) is 0 Å². The zero-order valence-corrected chi connectivity index (χ0v) is 15.5. The predicted octanol–water partition coefficient (Wildman–Crippen LogP) is 3.47. The van der Waals surface area contributed by atoms with Gasteiger partial charge in [0, 0.05) is 42.3 Å². The lowest BCUT2D eigenvalue weighted by atomic mass is 10.1. The summed E-state index contributed by atoms with van der Waals surface area (Å²) < 4.78 is 14.0. The number of carbonyl (C=O) groups excluding carboxylic acids is 2. The molecule has 136 valence electrons. The fourth-order valence-corrected chi connectivity index (χ4v) is 3.74. The topological polar surface area (TPSA) is 40.6 Å². The van der Waals surface area contributed by atoms with Crippen molar-refractivity contribution >= 4 is 29.1 Å². The van der Waals surface area contributed by atoms with Crippen LogP contribution in [-0.4, -0.2) is 48.5 Å². The van der Waals surface area contributed by atoms with Crippen molar-refractivity contribution in [2.45, 2.75) is 11.8 Å². The average molecular weight is 372 g/mol. The van der Waals surface area contributed by atoms with Crippen LogP contribution in [0.3, 0.4) is 0 Å². The molecule has 0 atom stereocenters. The highest BCUT2D eigenvalue weighted by atomic mass is 32.2. The minimum absolute atomic E-state index is 0.0118. The number of halogens is 1. The second kappa shape index (κ2) is 8.36. The third-order valence-corrected chi connectivity index (χ3v) is 5.48. The van der Waals surface area contributed by atoms with Gasteiger partial charge in [0.15, 0.2) is 5.78 Å². The monoisotopic (exact) mass is 372 g/mol. The van der Waals surface area contributed by atoms with Gasteiger partial charge in [-0.15, -0.1) is 11.8 Å². The van der Waals surface area contributed by atoms with E-state index in [0.29, 0.717) is 23.5 Å². The van der Waals surface area contributed by atoms with Gasteiger partial charge in [0.05, 0.1) is 5.75 Å². The first-order valence-corrected chi connectivity index (χ1v) is 9.54. The van der Waals surface area contributed by atoms with Crippen LogP contribution in [0.5, 0.6) is 0 Å². The van der Waals surface area contributed by atoms with Gasteiger partial charge >= 0.3 is 0 Å². The number of ketones is 1. The average Bonchev–Trinajstić information content (AvgIpc) is 2.67. The Morgan fingerprint density at radius 3 is 2.35 bits per heavy atom. The summed E-state index contributed by atoms with van der Waals surface area (Å²) in [6, 6.07) is 14.5. The van der Waals surface area contributed by atoms with Crippen molar-refractivity contribution in [1.82, 2.24) is 4.90 Å². The molecule has 0 unspecified atom stereocenters. The summed E-state index contributed by atoms with van der Waals surface area (Å²) in [6.45, 7) is 4.32. The van der Waals surface area contributed by atoms with Crippen molar-refractivity contribution in [2.24, 2.45) is 0 Å². The molecule has 1 amide bonds. The number of amides is 1. The van der Waals surface area contributed by atoms with Crippen LogP contribution < -0.4 is 4.90 Å². The van der Waals surface area contributed by atoms with E-state index in [4.69, 9.17) is 0 Å². The Balaban J connectivity index is 1.51. The number of nitrogens with zero attached hydrogens (tertiary/aromatic N) is 2. The summed E-state index contributed by atoms with van der Waals surface area (Å²) in [4.78, 5) is 28.2. The first-order chi connectivity index (χ1) is 12.5. The lowest BCUT2D eigenvalue weighted by Gasteiger charge is -2.36. The quantitative estimate of drug-likeness (QED) is 0.595. The van der Waals surface area contributed by atoms with Gasteiger partial charge in [0.25, 0.3) is 0 Å². The van der Waals surface area contributed by atoms with Gasteiger partial charge in [-0.3, -0.25) is 9.59 Å². The van der Waals surface area contributed by atoms with Crippen LogP contribution in [0, 0.1) is 5.82 Å². The molecule has 1 aliphatic rings. The number of anilines is 1. The summed E-state index contributed by atoms with van der Waals surface area (Å²) >= 11 is 1.18. The van der Waals surface area contributed by atoms with Gasteiger partial charge in [0.1, 0.15) is 5.82 Å². The van der Waals surface area contributed by atoms with Crippen LogP contribution in [0.15, 0.2) is 53.4 Å². The molecule has 1 fully saturated rings. The molecule has 6 heteroatoms. The molecule has 0 aliphatic carbocycles. The molecule has 0 spiro atoms. The normalized spacial score (nSPS) is 14.4. The molecule has 2 aromatic carbocycles. The highest BCUT2D eigenvalue weighted by Gasteiger charge is 2.21. The van der Waals surface area contributed by atoms with Crippen molar-refractivity contribution in [3.8, 4) is 0 Å². The Morgan fingerprint density at radius 1 is 1.04 bits per heavy atom. The lowest BCUT2D eigenvalue weighted by Crippen LogP contribution is -2.49. The van der Waals surface area contributed by atoms with Crippen molar-refractivity contribution in [2.75, 3.05) is 36.8 Å². The summed E-state index contributed by atoms with van der Waals surface area (Å²) in [5, 5.41) is 0. The van der Waals surface area contributed by atoms with E-state index in [1.165, 1.54) is 30.4 Å². The molecule has 1 saturated heterocycles. The van der Waals surface area contributed by atoms with E-state index < -0.39 is 5.82 Å². The smallest absolute Gasteiger partial charge is 0.233 e. The summed E-state index contributed by atoms with van der Waals surface area (Å²) in [5.41, 5.74) is 1.51. The van der Waals surface area contributed by atoms with Crippen molar-refractivity contribution in [1.29, 1.82) is 0 Å². The van der Waals surface area contributed by atoms with Gasteiger partial charge in [-0.1, -0.05) is 24.3 Å². The Bertz CT molecular complexity index is 790. The molecule has 1 heterocycles. The van der Waals surface area contributed by atoms with Crippen LogP contribution in [0.4, 0.5) is 10.1 Å². The third-order valence-electron chi connectivity index (χ3n) is 4.44. The number of thioether (sulfide) groups is 1. The number of benzene rings is 2. The standard InChI is InChI=1S/C20H21FN2O2S/c1-15(24)16-7-8-19(18(21)13-16)26-14-20(25)23-11-9-22(10-12-23)17-5-3-2-4-6-17/h2-8,13H,9-12,14H2,1H3. The minimum Gasteiger partial charge on any atom is -0.368 e. The van der Waals surface area contributed by atoms with Crippen LogP contribution in [0.25, 0.3) is 0 Å². The van der Waals surface area contributed by atoms with E-state index in [9.17, 15) is 14.0 Å². The molecule has 1 aliphatic heterocycles. The number of para-hydroxylation sites is 1. The Hall–Kier alpha value is -2.34. The number of carbonyl (C=O) groups is 2. The zero-order chi connectivity index (χ0) is 18.5. The Morgan fingerprint density at radius 2 is 1.73 bits per heavy atom. The number of piperazine rings is 1. The maximum absolute atomic E-state index is 14.0. The molecule has 0 bridgehead atoms. The van der Waals surface area contributed by atoms with Crippen molar-refractivity contribution in [3.05, 3.63) is 59.9 Å². The lowest BCUT2D eigenvalue weighted by molar-refractivity contribution is -0.128. The summed E-state index contributed by atoms with van der Waals surface area (Å²) in [6.07, 6.45) is 0. The zero-order valence-electron chi connectivity index (χ0n) is 14.7. The molecule has 0 radical (unpaired) electrons. The first-order valence-electron chi connectivity index (χ1n) is 8.55. The third kappa shape index (κ3) is 4.43. The van der Waals surface area contributed by atoms with Crippen molar-refractivity contribution in [3.63, 3.8) is 0 Å². The number of rotatable bonds is 5. The van der Waals surface area contributed by atoms with Crippen molar-refractivity contribution < 1.29 is 14.0 Å². The van der Waals surface area contributed by atoms with Crippen LogP contribution >= 0.6 is 11.8 Å². The van der Waals surface area contributed by atoms with E-state index in [1.54, 1.807) is 12.1 Å². The molecule has 0 N–H and O–H groups in total. The van der Waals surface area contributed by atoms with E-state index in [1.807, 2.05) is 23.1 Å². The van der Waals surface area contributed by atoms with E-state index >= 15 is 0 Å². The molecular weight excluding hydrogens is 351 g/mol. The molecule has 2 aromatic rings. The Kier molecular flexibility index (Phi) is 5.93. The van der Waals surface area contributed by atoms with Crippen LogP contribution in [-0.2, 0) is 4.79 Å². The molecule has 3 rings (SSSR count). The number of hydrogen-bond acceptors (Lipinski definition) is 4. The van der Waals surface area contributed by atoms with E-state index in [0.717, 1.165) is 13.1 Å². The predicted molar refractivity (Wildman–Crippen MR) is 102 cm³/mol. The van der Waals surface area contributed by atoms with E-state index in [-0.39, 0.29) is 17.4 Å². The minimum atomic E-state index is -0.454. The number of hydrogen-bond donors (Lipinski definition) is 0. The highest BCUT2D eigenvalue weighted by Crippen LogP contribution is 2.24. The Labute approximate surface area is 157 Å². The van der Waals surface area contributed by atoms with Gasteiger partial charge in [-0.2, -0.15) is 0 Å². The number of Topliss-reactive ketones (excluding diaryl/α,β-unsaturated/α-hetero) is 1. The maximum Gasteiger partial charge on any atom is 0.233 e. The summed E-state index contributed by atoms with van der Waals surface area (Å²) in [5.74, 6) is -0.420. The van der Waals surface area contributed by atoms with Gasteiger partial charge in [-0.05, 0) is 31.2 Å². The van der Waals surface area contributed by atoms with Crippen LogP contribution in [0.1, 0.15) is 17.3 Å². The maximum atomic E-state index is 14.0. The molecule has 4 nitrogen and oxygen atoms in total. The second-order valence-electron chi connectivity index (χ2n) is 6.19.